The van der Waals surface area contributed by atoms with E-state index in [2.05, 4.69) is 38.7 Å². The van der Waals surface area contributed by atoms with E-state index in [1.807, 2.05) is 30.3 Å². The SMILES string of the molecule is COc1cc(SN2CCN(C)CC2)ccc1NCC#CC1Cc2c(NC3CCOCC3)cccc2N1CC(F)(F)F. The Labute approximate surface area is 244 Å². The molecular formula is C30H38F3N5O2S. The van der Waals surface area contributed by atoms with Gasteiger partial charge in [-0.25, -0.2) is 4.31 Å². The van der Waals surface area contributed by atoms with Gasteiger partial charge in [-0.15, -0.1) is 0 Å². The summed E-state index contributed by atoms with van der Waals surface area (Å²) in [5.41, 5.74) is 3.19. The van der Waals surface area contributed by atoms with Crippen molar-refractivity contribution in [2.24, 2.45) is 0 Å². The summed E-state index contributed by atoms with van der Waals surface area (Å²) in [4.78, 5) is 4.81. The Hall–Kier alpha value is -2.78. The van der Waals surface area contributed by atoms with Crippen molar-refractivity contribution in [2.75, 3.05) is 82.2 Å². The van der Waals surface area contributed by atoms with Gasteiger partial charge in [0.1, 0.15) is 12.3 Å². The monoisotopic (exact) mass is 589 g/mol. The Bertz CT molecular complexity index is 1240. The quantitative estimate of drug-likeness (QED) is 0.332. The average Bonchev–Trinajstić information content (AvgIpc) is 3.30. The van der Waals surface area contributed by atoms with Crippen molar-refractivity contribution in [2.45, 2.75) is 42.4 Å². The number of nitrogens with zero attached hydrogens (tertiary/aromatic N) is 3. The summed E-state index contributed by atoms with van der Waals surface area (Å²) in [7, 11) is 3.77. The van der Waals surface area contributed by atoms with Crippen molar-refractivity contribution in [3.8, 4) is 17.6 Å². The minimum Gasteiger partial charge on any atom is -0.495 e. The number of hydrogen-bond acceptors (Lipinski definition) is 8. The highest BCUT2D eigenvalue weighted by Gasteiger charge is 2.38. The average molecular weight is 590 g/mol. The van der Waals surface area contributed by atoms with E-state index >= 15 is 0 Å². The molecule has 0 aliphatic carbocycles. The molecule has 3 heterocycles. The van der Waals surface area contributed by atoms with E-state index in [0.29, 0.717) is 37.6 Å². The summed E-state index contributed by atoms with van der Waals surface area (Å²) < 4.78 is 54.2. The molecule has 0 bridgehead atoms. The third-order valence-electron chi connectivity index (χ3n) is 7.67. The molecule has 0 amide bonds. The molecule has 0 spiro atoms. The Balaban J connectivity index is 1.24. The zero-order valence-electron chi connectivity index (χ0n) is 23.6. The van der Waals surface area contributed by atoms with Gasteiger partial charge in [0, 0.05) is 73.7 Å². The molecule has 2 fully saturated rings. The number of anilines is 3. The summed E-state index contributed by atoms with van der Waals surface area (Å²) in [6.45, 7) is 4.73. The fourth-order valence-corrected chi connectivity index (χ4v) is 6.39. The Morgan fingerprint density at radius 1 is 1.07 bits per heavy atom. The third-order valence-corrected chi connectivity index (χ3v) is 8.76. The molecule has 0 aromatic heterocycles. The second-order valence-corrected chi connectivity index (χ2v) is 11.8. The second kappa shape index (κ2) is 13.5. The van der Waals surface area contributed by atoms with Crippen LogP contribution in [-0.4, -0.2) is 94.1 Å². The maximum atomic E-state index is 13.6. The van der Waals surface area contributed by atoms with Crippen molar-refractivity contribution < 1.29 is 22.6 Å². The van der Waals surface area contributed by atoms with E-state index in [9.17, 15) is 13.2 Å². The summed E-state index contributed by atoms with van der Waals surface area (Å²) in [5, 5.41) is 6.83. The van der Waals surface area contributed by atoms with Crippen LogP contribution in [0.15, 0.2) is 41.3 Å². The number of piperazine rings is 1. The van der Waals surface area contributed by atoms with Gasteiger partial charge in [-0.05, 0) is 62.2 Å². The zero-order valence-corrected chi connectivity index (χ0v) is 24.4. The number of halogens is 3. The van der Waals surface area contributed by atoms with Crippen molar-refractivity contribution >= 4 is 29.0 Å². The van der Waals surface area contributed by atoms with Crippen molar-refractivity contribution in [1.82, 2.24) is 9.21 Å². The highest BCUT2D eigenvalue weighted by molar-refractivity contribution is 7.97. The number of alkyl halides is 3. The molecule has 3 aliphatic heterocycles. The summed E-state index contributed by atoms with van der Waals surface area (Å²) >= 11 is 1.72. The second-order valence-electron chi connectivity index (χ2n) is 10.7. The van der Waals surface area contributed by atoms with Crippen LogP contribution < -0.4 is 20.3 Å². The van der Waals surface area contributed by atoms with Gasteiger partial charge < -0.3 is 29.9 Å². The molecule has 11 heteroatoms. The van der Waals surface area contributed by atoms with E-state index in [1.165, 1.54) is 4.90 Å². The molecule has 2 N–H and O–H groups in total. The van der Waals surface area contributed by atoms with Crippen LogP contribution in [-0.2, 0) is 11.2 Å². The van der Waals surface area contributed by atoms with E-state index in [-0.39, 0.29) is 6.04 Å². The van der Waals surface area contributed by atoms with Gasteiger partial charge in [-0.1, -0.05) is 17.9 Å². The van der Waals surface area contributed by atoms with E-state index < -0.39 is 18.8 Å². The molecule has 1 unspecified atom stereocenters. The minimum atomic E-state index is -4.33. The number of fused-ring (bicyclic) bond motifs is 1. The molecule has 222 valence electrons. The topological polar surface area (TPSA) is 52.2 Å². The Kier molecular flexibility index (Phi) is 9.75. The highest BCUT2D eigenvalue weighted by Crippen LogP contribution is 2.39. The smallest absolute Gasteiger partial charge is 0.405 e. The van der Waals surface area contributed by atoms with Gasteiger partial charge in [-0.3, -0.25) is 0 Å². The molecule has 3 aliphatic rings. The van der Waals surface area contributed by atoms with Gasteiger partial charge in [0.05, 0.1) is 25.4 Å². The molecule has 1 atom stereocenters. The van der Waals surface area contributed by atoms with Gasteiger partial charge in [0.25, 0.3) is 0 Å². The lowest BCUT2D eigenvalue weighted by Gasteiger charge is -2.31. The first-order valence-corrected chi connectivity index (χ1v) is 14.9. The molecule has 5 rings (SSSR count). The highest BCUT2D eigenvalue weighted by atomic mass is 32.2. The lowest BCUT2D eigenvalue weighted by atomic mass is 10.0. The normalized spacial score (nSPS) is 20.3. The molecule has 41 heavy (non-hydrogen) atoms. The Morgan fingerprint density at radius 2 is 1.85 bits per heavy atom. The van der Waals surface area contributed by atoms with Gasteiger partial charge >= 0.3 is 6.18 Å². The van der Waals surface area contributed by atoms with Crippen molar-refractivity contribution in [1.29, 1.82) is 0 Å². The number of hydrogen-bond donors (Lipinski definition) is 2. The molecule has 2 aromatic carbocycles. The van der Waals surface area contributed by atoms with Crippen LogP contribution in [0.25, 0.3) is 0 Å². The summed E-state index contributed by atoms with van der Waals surface area (Å²) in [6, 6.07) is 11.3. The van der Waals surface area contributed by atoms with Crippen LogP contribution in [0.5, 0.6) is 5.75 Å². The first-order valence-electron chi connectivity index (χ1n) is 14.1. The molecule has 2 aromatic rings. The Morgan fingerprint density at radius 3 is 2.59 bits per heavy atom. The molecular weight excluding hydrogens is 551 g/mol. The van der Waals surface area contributed by atoms with Crippen LogP contribution in [0.4, 0.5) is 30.2 Å². The minimum absolute atomic E-state index is 0.252. The van der Waals surface area contributed by atoms with E-state index in [0.717, 1.165) is 60.9 Å². The number of ether oxygens (including phenoxy) is 2. The predicted octanol–water partition coefficient (Wildman–Crippen LogP) is 4.95. The predicted molar refractivity (Wildman–Crippen MR) is 159 cm³/mol. The van der Waals surface area contributed by atoms with Crippen LogP contribution in [0.3, 0.4) is 0 Å². The van der Waals surface area contributed by atoms with Crippen LogP contribution in [0, 0.1) is 11.8 Å². The number of nitrogens with one attached hydrogen (secondary N) is 2. The molecule has 0 radical (unpaired) electrons. The van der Waals surface area contributed by atoms with Crippen LogP contribution in [0.2, 0.25) is 0 Å². The van der Waals surface area contributed by atoms with Gasteiger partial charge in [0.15, 0.2) is 0 Å². The van der Waals surface area contributed by atoms with Crippen LogP contribution in [0.1, 0.15) is 18.4 Å². The van der Waals surface area contributed by atoms with Gasteiger partial charge in [0.2, 0.25) is 0 Å². The number of likely N-dealkylation sites (N-methyl/N-ethyl adjacent to an activating group) is 1. The summed E-state index contributed by atoms with van der Waals surface area (Å²) in [5.74, 6) is 6.91. The zero-order chi connectivity index (χ0) is 28.8. The maximum Gasteiger partial charge on any atom is 0.405 e. The maximum absolute atomic E-state index is 13.6. The van der Waals surface area contributed by atoms with Crippen molar-refractivity contribution in [3.63, 3.8) is 0 Å². The lowest BCUT2D eigenvalue weighted by molar-refractivity contribution is -0.120. The number of methoxy groups -OCH3 is 1. The fraction of sp³-hybridized carbons (Fsp3) is 0.533. The lowest BCUT2D eigenvalue weighted by Crippen LogP contribution is -2.40. The molecule has 0 saturated carbocycles. The van der Waals surface area contributed by atoms with E-state index in [4.69, 9.17) is 9.47 Å². The standard InChI is InChI=1S/C30H38F3N5O2S/c1-36-13-15-37(16-14-36)41-24-8-9-27(29(20-24)39-2)34-12-4-5-23-19-25-26(35-22-10-17-40-18-11-22)6-3-7-28(25)38(23)21-30(31,32)33/h3,6-9,20,22-23,34-35H,10-19,21H2,1-2H3. The first kappa shape index (κ1) is 29.7. The van der Waals surface area contributed by atoms with E-state index in [1.54, 1.807) is 25.1 Å². The molecule has 7 nitrogen and oxygen atoms in total. The first-order chi connectivity index (χ1) is 19.8. The number of rotatable bonds is 8. The number of benzene rings is 2. The largest absolute Gasteiger partial charge is 0.495 e. The third kappa shape index (κ3) is 7.95. The summed E-state index contributed by atoms with van der Waals surface area (Å²) in [6.07, 6.45) is -2.14. The fourth-order valence-electron chi connectivity index (χ4n) is 5.46. The van der Waals surface area contributed by atoms with Crippen LogP contribution >= 0.6 is 11.9 Å². The molecule has 2 saturated heterocycles. The van der Waals surface area contributed by atoms with Gasteiger partial charge in [-0.2, -0.15) is 13.2 Å². The van der Waals surface area contributed by atoms with Crippen molar-refractivity contribution in [3.05, 3.63) is 42.0 Å².